The summed E-state index contributed by atoms with van der Waals surface area (Å²) in [4.78, 5) is 40.0. The number of ketones is 1. The lowest BCUT2D eigenvalue weighted by molar-refractivity contribution is -0.132. The third kappa shape index (κ3) is 4.38. The third-order valence-corrected chi connectivity index (χ3v) is 6.55. The van der Waals surface area contributed by atoms with Crippen LogP contribution in [-0.4, -0.2) is 22.8 Å². The van der Waals surface area contributed by atoms with E-state index in [1.54, 1.807) is 48.5 Å². The number of Topliss-reactive ketones (excluding diaryl/α,β-unsaturated/α-hetero) is 1. The first-order valence-electron chi connectivity index (χ1n) is 12.1. The molecule has 1 amide bonds. The highest BCUT2D eigenvalue weighted by atomic mass is 16.5. The van der Waals surface area contributed by atoms with Gasteiger partial charge in [0.1, 0.15) is 11.5 Å². The van der Waals surface area contributed by atoms with E-state index in [0.717, 1.165) is 22.8 Å². The molecule has 1 heterocycles. The molecule has 0 radical (unpaired) electrons. The summed E-state index contributed by atoms with van der Waals surface area (Å²) in [6.07, 6.45) is 0.827. The first-order valence-corrected chi connectivity index (χ1v) is 12.1. The lowest BCUT2D eigenvalue weighted by atomic mass is 9.93. The first kappa shape index (κ1) is 24.0. The van der Waals surface area contributed by atoms with Crippen LogP contribution in [0.5, 0.6) is 5.75 Å². The fourth-order valence-electron chi connectivity index (χ4n) is 4.80. The number of amides is 1. The van der Waals surface area contributed by atoms with Crippen LogP contribution in [0.15, 0.2) is 96.6 Å². The van der Waals surface area contributed by atoms with Gasteiger partial charge in [0.25, 0.3) is 11.7 Å². The molecule has 4 aromatic rings. The Kier molecular flexibility index (Phi) is 6.32. The Labute approximate surface area is 214 Å². The second kappa shape index (κ2) is 9.74. The van der Waals surface area contributed by atoms with E-state index in [9.17, 15) is 19.5 Å². The summed E-state index contributed by atoms with van der Waals surface area (Å²) in [5.74, 6) is -1.99. The summed E-state index contributed by atoms with van der Waals surface area (Å²) in [6.45, 7) is 3.33. The van der Waals surface area contributed by atoms with Gasteiger partial charge in [-0.2, -0.15) is 0 Å². The van der Waals surface area contributed by atoms with Crippen LogP contribution in [0.3, 0.4) is 0 Å². The van der Waals surface area contributed by atoms with Crippen molar-refractivity contribution in [3.05, 3.63) is 113 Å². The van der Waals surface area contributed by atoms with E-state index in [1.807, 2.05) is 49.4 Å². The molecule has 5 rings (SSSR count). The normalized spacial score (nSPS) is 16.8. The summed E-state index contributed by atoms with van der Waals surface area (Å²) in [5.41, 5.74) is 2.57. The predicted molar refractivity (Wildman–Crippen MR) is 142 cm³/mol. The Morgan fingerprint density at radius 3 is 2.35 bits per heavy atom. The van der Waals surface area contributed by atoms with Crippen LogP contribution >= 0.6 is 0 Å². The van der Waals surface area contributed by atoms with Gasteiger partial charge in [0.2, 0.25) is 0 Å². The van der Waals surface area contributed by atoms with Crippen LogP contribution in [0.2, 0.25) is 0 Å². The Balaban J connectivity index is 1.75. The molecule has 4 aromatic carbocycles. The van der Waals surface area contributed by atoms with Crippen molar-refractivity contribution >= 4 is 39.9 Å². The minimum Gasteiger partial charge on any atom is -0.507 e. The number of nitrogens with zero attached hydrogens (tertiary/aromatic N) is 1. The summed E-state index contributed by atoms with van der Waals surface area (Å²) >= 11 is 0. The highest BCUT2D eigenvalue weighted by molar-refractivity contribution is 6.51. The fourth-order valence-corrected chi connectivity index (χ4v) is 4.80. The molecule has 0 saturated carbocycles. The van der Waals surface area contributed by atoms with Gasteiger partial charge in [-0.1, -0.05) is 73.7 Å². The molecule has 1 aliphatic heterocycles. The monoisotopic (exact) mass is 491 g/mol. The zero-order valence-electron chi connectivity index (χ0n) is 20.5. The maximum atomic E-state index is 13.5. The highest BCUT2D eigenvalue weighted by Crippen LogP contribution is 2.43. The number of aliphatic hydroxyl groups is 1. The minimum absolute atomic E-state index is 0.0269. The van der Waals surface area contributed by atoms with Crippen molar-refractivity contribution in [3.63, 3.8) is 0 Å². The van der Waals surface area contributed by atoms with Crippen molar-refractivity contribution < 1.29 is 24.2 Å². The van der Waals surface area contributed by atoms with Gasteiger partial charge in [-0.05, 0) is 52.6 Å². The molecule has 0 bridgehead atoms. The Bertz CT molecular complexity index is 1560. The van der Waals surface area contributed by atoms with E-state index in [0.29, 0.717) is 16.8 Å². The van der Waals surface area contributed by atoms with Crippen molar-refractivity contribution in [1.82, 2.24) is 0 Å². The maximum Gasteiger partial charge on any atom is 0.308 e. The molecule has 1 saturated heterocycles. The average molecular weight is 492 g/mol. The summed E-state index contributed by atoms with van der Waals surface area (Å²) < 4.78 is 5.27. The third-order valence-electron chi connectivity index (χ3n) is 6.55. The molecule has 6 heteroatoms. The zero-order valence-corrected chi connectivity index (χ0v) is 20.5. The predicted octanol–water partition coefficient (Wildman–Crippen LogP) is 5.95. The van der Waals surface area contributed by atoms with Crippen molar-refractivity contribution in [2.75, 3.05) is 4.90 Å². The number of aliphatic hydroxyl groups excluding tert-OH is 1. The van der Waals surface area contributed by atoms with Gasteiger partial charge in [0.15, 0.2) is 0 Å². The maximum absolute atomic E-state index is 13.5. The number of ether oxygens (including phenoxy) is 1. The molecule has 1 fully saturated rings. The van der Waals surface area contributed by atoms with Gasteiger partial charge >= 0.3 is 5.97 Å². The summed E-state index contributed by atoms with van der Waals surface area (Å²) in [6, 6.07) is 26.1. The van der Waals surface area contributed by atoms with Crippen LogP contribution in [0.4, 0.5) is 5.69 Å². The highest BCUT2D eigenvalue weighted by Gasteiger charge is 2.47. The molecule has 0 spiro atoms. The molecule has 0 aromatic heterocycles. The van der Waals surface area contributed by atoms with E-state index >= 15 is 0 Å². The Hall–Kier alpha value is -4.71. The fraction of sp³-hybridized carbons (Fsp3) is 0.129. The van der Waals surface area contributed by atoms with Crippen LogP contribution in [0.25, 0.3) is 16.5 Å². The number of hydrogen-bond donors (Lipinski definition) is 1. The van der Waals surface area contributed by atoms with Crippen LogP contribution in [0, 0.1) is 0 Å². The number of aryl methyl sites for hydroxylation is 1. The van der Waals surface area contributed by atoms with Gasteiger partial charge in [0, 0.05) is 18.2 Å². The standard InChI is InChI=1S/C31H25NO5/c1-3-20-14-16-23(17-15-20)32-28(22-10-6-11-24(18-22)37-19(2)33)27(30(35)31(32)36)29(34)26-13-7-9-21-8-4-5-12-25(21)26/h4-18,28,34H,3H2,1-2H3/b29-27-. The topological polar surface area (TPSA) is 83.9 Å². The number of anilines is 1. The smallest absolute Gasteiger partial charge is 0.308 e. The Morgan fingerprint density at radius 2 is 1.62 bits per heavy atom. The van der Waals surface area contributed by atoms with E-state index in [-0.39, 0.29) is 17.1 Å². The van der Waals surface area contributed by atoms with E-state index in [4.69, 9.17) is 4.74 Å². The van der Waals surface area contributed by atoms with Gasteiger partial charge < -0.3 is 9.84 Å². The van der Waals surface area contributed by atoms with Crippen molar-refractivity contribution in [2.24, 2.45) is 0 Å². The number of esters is 1. The molecule has 1 unspecified atom stereocenters. The molecular weight excluding hydrogens is 466 g/mol. The largest absolute Gasteiger partial charge is 0.507 e. The lowest BCUT2D eigenvalue weighted by Gasteiger charge is -2.26. The van der Waals surface area contributed by atoms with Crippen LogP contribution in [-0.2, 0) is 20.8 Å². The SMILES string of the molecule is CCc1ccc(N2C(=O)C(=O)/C(=C(\O)c3cccc4ccccc34)C2c2cccc(OC(C)=O)c2)cc1. The van der Waals surface area contributed by atoms with E-state index in [1.165, 1.54) is 11.8 Å². The number of rotatable bonds is 5. The van der Waals surface area contributed by atoms with Crippen LogP contribution < -0.4 is 9.64 Å². The summed E-state index contributed by atoms with van der Waals surface area (Å²) in [5, 5.41) is 13.2. The summed E-state index contributed by atoms with van der Waals surface area (Å²) in [7, 11) is 0. The second-order valence-corrected chi connectivity index (χ2v) is 8.88. The van der Waals surface area contributed by atoms with Crippen molar-refractivity contribution in [1.29, 1.82) is 0 Å². The van der Waals surface area contributed by atoms with E-state index in [2.05, 4.69) is 0 Å². The molecular formula is C31H25NO5. The van der Waals surface area contributed by atoms with Gasteiger partial charge in [-0.25, -0.2) is 0 Å². The first-order chi connectivity index (χ1) is 17.9. The number of benzene rings is 4. The minimum atomic E-state index is -0.929. The van der Waals surface area contributed by atoms with E-state index < -0.39 is 23.7 Å². The quantitative estimate of drug-likeness (QED) is 0.123. The second-order valence-electron chi connectivity index (χ2n) is 8.88. The average Bonchev–Trinajstić information content (AvgIpc) is 3.18. The number of carbonyl (C=O) groups is 3. The zero-order chi connectivity index (χ0) is 26.1. The molecule has 1 aliphatic rings. The van der Waals surface area contributed by atoms with Gasteiger partial charge in [-0.15, -0.1) is 0 Å². The molecule has 0 aliphatic carbocycles. The van der Waals surface area contributed by atoms with Crippen molar-refractivity contribution in [2.45, 2.75) is 26.3 Å². The number of carbonyl (C=O) groups excluding carboxylic acids is 3. The Morgan fingerprint density at radius 1 is 0.919 bits per heavy atom. The number of hydrogen-bond acceptors (Lipinski definition) is 5. The molecule has 6 nitrogen and oxygen atoms in total. The van der Waals surface area contributed by atoms with Gasteiger partial charge in [-0.3, -0.25) is 19.3 Å². The lowest BCUT2D eigenvalue weighted by Crippen LogP contribution is -2.29. The molecule has 184 valence electrons. The molecule has 1 atom stereocenters. The molecule has 37 heavy (non-hydrogen) atoms. The molecule has 1 N–H and O–H groups in total. The van der Waals surface area contributed by atoms with Gasteiger partial charge in [0.05, 0.1) is 11.6 Å². The van der Waals surface area contributed by atoms with Crippen LogP contribution in [0.1, 0.15) is 36.6 Å². The number of fused-ring (bicyclic) bond motifs is 1. The van der Waals surface area contributed by atoms with Crippen molar-refractivity contribution in [3.8, 4) is 5.75 Å².